The highest BCUT2D eigenvalue weighted by Gasteiger charge is 2.16. The Hall–Kier alpha value is -2.32. The zero-order valence-corrected chi connectivity index (χ0v) is 16.1. The van der Waals surface area contributed by atoms with Crippen LogP contribution in [0.5, 0.6) is 0 Å². The highest BCUT2D eigenvalue weighted by atomic mass is 32.2. The number of nitrogens with zero attached hydrogens (tertiary/aromatic N) is 2. The summed E-state index contributed by atoms with van der Waals surface area (Å²) in [5.74, 6) is -2.87. The zero-order valence-electron chi connectivity index (χ0n) is 14.5. The third kappa shape index (κ3) is 5.11. The van der Waals surface area contributed by atoms with Crippen molar-refractivity contribution in [1.82, 2.24) is 9.97 Å². The summed E-state index contributed by atoms with van der Waals surface area (Å²) in [6, 6.07) is 9.98. The molecule has 2 heterocycles. The first kappa shape index (κ1) is 19.4. The predicted molar refractivity (Wildman–Crippen MR) is 106 cm³/mol. The molecule has 0 aliphatic rings. The number of amides is 1. The molecule has 2 aromatic heterocycles. The van der Waals surface area contributed by atoms with Gasteiger partial charge in [0.1, 0.15) is 10.0 Å². The topological polar surface area (TPSA) is 54.9 Å². The molecule has 0 unspecified atom stereocenters. The molecule has 3 aromatic rings. The largest absolute Gasteiger partial charge is 0.312 e. The van der Waals surface area contributed by atoms with Crippen LogP contribution in [0.25, 0.3) is 10.6 Å². The maximum Gasteiger partial charge on any atom is 0.288 e. The molecule has 0 bridgehead atoms. The maximum atomic E-state index is 12.6. The Morgan fingerprint density at radius 2 is 2.15 bits per heavy atom. The SMILES string of the molecule is CCCc1nc(-c2cccnc2)sc1NC(=O)c1cccc(SC(F)F)c1. The van der Waals surface area contributed by atoms with Crippen LogP contribution in [0.3, 0.4) is 0 Å². The molecular formula is C19H17F2N3OS2. The van der Waals surface area contributed by atoms with Gasteiger partial charge in [0.2, 0.25) is 0 Å². The number of halogens is 2. The molecule has 0 spiro atoms. The summed E-state index contributed by atoms with van der Waals surface area (Å²) < 4.78 is 25.1. The second kappa shape index (κ2) is 9.05. The van der Waals surface area contributed by atoms with Crippen LogP contribution >= 0.6 is 23.1 Å². The van der Waals surface area contributed by atoms with Crippen molar-refractivity contribution in [3.63, 3.8) is 0 Å². The lowest BCUT2D eigenvalue weighted by molar-refractivity contribution is 0.102. The van der Waals surface area contributed by atoms with Crippen molar-refractivity contribution in [2.24, 2.45) is 0 Å². The van der Waals surface area contributed by atoms with Crippen LogP contribution in [0, 0.1) is 0 Å². The summed E-state index contributed by atoms with van der Waals surface area (Å²) in [7, 11) is 0. The molecule has 8 heteroatoms. The Morgan fingerprint density at radius 3 is 2.85 bits per heavy atom. The Kier molecular flexibility index (Phi) is 6.52. The van der Waals surface area contributed by atoms with E-state index in [0.717, 1.165) is 29.1 Å². The third-order valence-electron chi connectivity index (χ3n) is 3.64. The van der Waals surface area contributed by atoms with Crippen molar-refractivity contribution in [3.05, 3.63) is 60.0 Å². The molecule has 0 saturated carbocycles. The van der Waals surface area contributed by atoms with Crippen LogP contribution < -0.4 is 5.32 Å². The quantitative estimate of drug-likeness (QED) is 0.511. The van der Waals surface area contributed by atoms with E-state index in [-0.39, 0.29) is 5.91 Å². The molecule has 27 heavy (non-hydrogen) atoms. The minimum Gasteiger partial charge on any atom is -0.312 e. The van der Waals surface area contributed by atoms with E-state index in [0.29, 0.717) is 27.2 Å². The average molecular weight is 405 g/mol. The number of benzene rings is 1. The Balaban J connectivity index is 1.84. The third-order valence-corrected chi connectivity index (χ3v) is 5.41. The van der Waals surface area contributed by atoms with E-state index in [1.807, 2.05) is 19.1 Å². The summed E-state index contributed by atoms with van der Waals surface area (Å²) in [6.45, 7) is 2.04. The van der Waals surface area contributed by atoms with Gasteiger partial charge in [0.05, 0.1) is 5.69 Å². The number of thiazole rings is 1. The Labute approximate surface area is 164 Å². The minimum atomic E-state index is -2.52. The highest BCUT2D eigenvalue weighted by Crippen LogP contribution is 2.33. The smallest absolute Gasteiger partial charge is 0.288 e. The molecular weight excluding hydrogens is 388 g/mol. The monoisotopic (exact) mass is 405 g/mol. The Morgan fingerprint density at radius 1 is 1.30 bits per heavy atom. The second-order valence-corrected chi connectivity index (χ2v) is 7.71. The van der Waals surface area contributed by atoms with Crippen molar-refractivity contribution < 1.29 is 13.6 Å². The number of aromatic nitrogens is 2. The first-order valence-corrected chi connectivity index (χ1v) is 10.0. The number of carbonyl (C=O) groups is 1. The molecule has 1 N–H and O–H groups in total. The molecule has 4 nitrogen and oxygen atoms in total. The van der Waals surface area contributed by atoms with Gasteiger partial charge in [-0.25, -0.2) is 4.98 Å². The fraction of sp³-hybridized carbons (Fsp3) is 0.211. The fourth-order valence-corrected chi connectivity index (χ4v) is 4.01. The van der Waals surface area contributed by atoms with Gasteiger partial charge in [-0.05, 0) is 36.8 Å². The number of pyridine rings is 1. The van der Waals surface area contributed by atoms with E-state index in [1.165, 1.54) is 17.4 Å². The number of thioether (sulfide) groups is 1. The van der Waals surface area contributed by atoms with Crippen molar-refractivity contribution in [2.75, 3.05) is 5.32 Å². The van der Waals surface area contributed by atoms with Crippen molar-refractivity contribution in [2.45, 2.75) is 30.4 Å². The molecule has 0 aliphatic heterocycles. The molecule has 1 amide bonds. The van der Waals surface area contributed by atoms with E-state index in [9.17, 15) is 13.6 Å². The fourth-order valence-electron chi connectivity index (χ4n) is 2.46. The average Bonchev–Trinajstić information content (AvgIpc) is 3.05. The summed E-state index contributed by atoms with van der Waals surface area (Å²) in [4.78, 5) is 21.7. The van der Waals surface area contributed by atoms with Gasteiger partial charge in [0, 0.05) is 28.4 Å². The molecule has 0 fully saturated rings. The van der Waals surface area contributed by atoms with E-state index in [4.69, 9.17) is 0 Å². The van der Waals surface area contributed by atoms with Crippen LogP contribution in [-0.2, 0) is 6.42 Å². The first-order chi connectivity index (χ1) is 13.1. The van der Waals surface area contributed by atoms with Crippen molar-refractivity contribution >= 4 is 34.0 Å². The number of carbonyl (C=O) groups excluding carboxylic acids is 1. The van der Waals surface area contributed by atoms with E-state index in [1.54, 1.807) is 30.6 Å². The predicted octanol–water partition coefficient (Wildman–Crippen LogP) is 5.72. The lowest BCUT2D eigenvalue weighted by atomic mass is 10.2. The van der Waals surface area contributed by atoms with Gasteiger partial charge in [-0.1, -0.05) is 42.5 Å². The number of alkyl halides is 2. The zero-order chi connectivity index (χ0) is 19.2. The van der Waals surface area contributed by atoms with E-state index < -0.39 is 5.76 Å². The minimum absolute atomic E-state index is 0.333. The first-order valence-electron chi connectivity index (χ1n) is 8.33. The van der Waals surface area contributed by atoms with Gasteiger partial charge < -0.3 is 5.32 Å². The van der Waals surface area contributed by atoms with Crippen molar-refractivity contribution in [1.29, 1.82) is 0 Å². The standard InChI is InChI=1S/C19H17F2N3OS2/c1-2-5-15-18(27-17(23-15)13-7-4-9-22-11-13)24-16(25)12-6-3-8-14(10-12)26-19(20)21/h3-4,6-11,19H,2,5H2,1H3,(H,24,25). The van der Waals surface area contributed by atoms with Gasteiger partial charge in [-0.2, -0.15) is 8.78 Å². The number of anilines is 1. The summed E-state index contributed by atoms with van der Waals surface area (Å²) >= 11 is 1.80. The van der Waals surface area contributed by atoms with Gasteiger partial charge in [-0.15, -0.1) is 0 Å². The molecule has 3 rings (SSSR count). The number of hydrogen-bond donors (Lipinski definition) is 1. The number of hydrogen-bond acceptors (Lipinski definition) is 5. The second-order valence-electron chi connectivity index (χ2n) is 5.65. The number of rotatable bonds is 7. The highest BCUT2D eigenvalue weighted by molar-refractivity contribution is 7.99. The van der Waals surface area contributed by atoms with Gasteiger partial charge >= 0.3 is 0 Å². The van der Waals surface area contributed by atoms with Gasteiger partial charge in [0.25, 0.3) is 11.7 Å². The molecule has 0 aliphatic carbocycles. The number of nitrogens with one attached hydrogen (secondary N) is 1. The van der Waals surface area contributed by atoms with Crippen LogP contribution in [0.1, 0.15) is 29.4 Å². The molecule has 0 radical (unpaired) electrons. The van der Waals surface area contributed by atoms with Crippen molar-refractivity contribution in [3.8, 4) is 10.6 Å². The maximum absolute atomic E-state index is 12.6. The Bertz CT molecular complexity index is 916. The normalized spacial score (nSPS) is 11.0. The lowest BCUT2D eigenvalue weighted by Crippen LogP contribution is -2.12. The van der Waals surface area contributed by atoms with Crippen LogP contribution in [-0.4, -0.2) is 21.6 Å². The summed E-state index contributed by atoms with van der Waals surface area (Å²) in [5.41, 5.74) is 2.03. The van der Waals surface area contributed by atoms with E-state index >= 15 is 0 Å². The summed E-state index contributed by atoms with van der Waals surface area (Å²) in [5, 5.41) is 4.34. The molecule has 0 atom stereocenters. The van der Waals surface area contributed by atoms with Gasteiger partial charge in [0.15, 0.2) is 0 Å². The van der Waals surface area contributed by atoms with Crippen LogP contribution in [0.4, 0.5) is 13.8 Å². The molecule has 0 saturated heterocycles. The van der Waals surface area contributed by atoms with Crippen LogP contribution in [0.2, 0.25) is 0 Å². The molecule has 1 aromatic carbocycles. The molecule has 140 valence electrons. The lowest BCUT2D eigenvalue weighted by Gasteiger charge is -2.06. The summed E-state index contributed by atoms with van der Waals surface area (Å²) in [6.07, 6.45) is 5.04. The van der Waals surface area contributed by atoms with Gasteiger partial charge in [-0.3, -0.25) is 9.78 Å². The number of aryl methyl sites for hydroxylation is 1. The van der Waals surface area contributed by atoms with Crippen LogP contribution in [0.15, 0.2) is 53.7 Å². The van der Waals surface area contributed by atoms with E-state index in [2.05, 4.69) is 15.3 Å².